The number of nitrogens with zero attached hydrogens (tertiary/aromatic N) is 1. The highest BCUT2D eigenvalue weighted by atomic mass is 16.5. The minimum absolute atomic E-state index is 0.220. The van der Waals surface area contributed by atoms with E-state index in [-0.39, 0.29) is 11.5 Å². The largest absolute Gasteiger partial charge is 0.496 e. The van der Waals surface area contributed by atoms with Gasteiger partial charge in [-0.05, 0) is 42.3 Å². The molecule has 124 valence electrons. The summed E-state index contributed by atoms with van der Waals surface area (Å²) in [6, 6.07) is 9.97. The molecule has 1 heterocycles. The molecule has 0 saturated carbocycles. The number of rotatable bonds is 4. The third kappa shape index (κ3) is 2.56. The van der Waals surface area contributed by atoms with Crippen LogP contribution in [-0.2, 0) is 6.42 Å². The highest BCUT2D eigenvalue weighted by Gasteiger charge is 2.30. The second-order valence-electron chi connectivity index (χ2n) is 5.39. The van der Waals surface area contributed by atoms with Gasteiger partial charge in [0.2, 0.25) is 0 Å². The monoisotopic (exact) mass is 327 g/mol. The molecule has 0 unspecified atom stereocenters. The lowest BCUT2D eigenvalue weighted by atomic mass is 10.1. The van der Waals surface area contributed by atoms with Gasteiger partial charge >= 0.3 is 5.97 Å². The third-order valence-electron chi connectivity index (χ3n) is 4.11. The lowest BCUT2D eigenvalue weighted by molar-refractivity contribution is 0.0696. The molecular weight excluding hydrogens is 310 g/mol. The van der Waals surface area contributed by atoms with E-state index in [4.69, 9.17) is 14.6 Å². The average molecular weight is 327 g/mol. The van der Waals surface area contributed by atoms with Gasteiger partial charge in [0.1, 0.15) is 17.1 Å². The zero-order chi connectivity index (χ0) is 17.3. The highest BCUT2D eigenvalue weighted by Crippen LogP contribution is 2.35. The number of methoxy groups -OCH3 is 2. The quantitative estimate of drug-likeness (QED) is 0.934. The number of benzene rings is 2. The Bertz CT molecular complexity index is 793. The number of anilines is 1. The van der Waals surface area contributed by atoms with E-state index in [1.54, 1.807) is 35.2 Å². The van der Waals surface area contributed by atoms with Crippen LogP contribution < -0.4 is 14.4 Å². The molecule has 0 radical (unpaired) electrons. The first kappa shape index (κ1) is 15.9. The van der Waals surface area contributed by atoms with Crippen LogP contribution in [0.3, 0.4) is 0 Å². The standard InChI is InChI=1S/C18H17NO5/c1-23-14-4-3-5-15(24-2)16(14)17(20)19-9-8-11-10-12(18(21)22)6-7-13(11)19/h3-7,10H,8-9H2,1-2H3,(H,21,22). The summed E-state index contributed by atoms with van der Waals surface area (Å²) in [5, 5.41) is 9.09. The fourth-order valence-corrected chi connectivity index (χ4v) is 2.94. The molecule has 1 aliphatic rings. The predicted molar refractivity (Wildman–Crippen MR) is 88.3 cm³/mol. The van der Waals surface area contributed by atoms with Gasteiger partial charge < -0.3 is 19.5 Å². The molecule has 6 nitrogen and oxygen atoms in total. The molecule has 0 aromatic heterocycles. The number of carboxylic acids is 1. The van der Waals surface area contributed by atoms with Gasteiger partial charge in [0.05, 0.1) is 19.8 Å². The lowest BCUT2D eigenvalue weighted by Gasteiger charge is -2.20. The van der Waals surface area contributed by atoms with Gasteiger partial charge in [0.15, 0.2) is 0 Å². The third-order valence-corrected chi connectivity index (χ3v) is 4.11. The van der Waals surface area contributed by atoms with Gasteiger partial charge in [0.25, 0.3) is 5.91 Å². The summed E-state index contributed by atoms with van der Waals surface area (Å²) >= 11 is 0. The Balaban J connectivity index is 2.01. The number of amides is 1. The Morgan fingerprint density at radius 1 is 1.08 bits per heavy atom. The Morgan fingerprint density at radius 2 is 1.75 bits per heavy atom. The van der Waals surface area contributed by atoms with Crippen LogP contribution in [0.15, 0.2) is 36.4 Å². The van der Waals surface area contributed by atoms with Crippen LogP contribution in [0.4, 0.5) is 5.69 Å². The van der Waals surface area contributed by atoms with Gasteiger partial charge in [-0.3, -0.25) is 4.79 Å². The van der Waals surface area contributed by atoms with Gasteiger partial charge in [-0.2, -0.15) is 0 Å². The maximum absolute atomic E-state index is 13.0. The number of aromatic carboxylic acids is 1. The number of fused-ring (bicyclic) bond motifs is 1. The maximum Gasteiger partial charge on any atom is 0.335 e. The van der Waals surface area contributed by atoms with Crippen molar-refractivity contribution < 1.29 is 24.2 Å². The topological polar surface area (TPSA) is 76.1 Å². The first-order valence-electron chi connectivity index (χ1n) is 7.46. The van der Waals surface area contributed by atoms with Crippen LogP contribution in [0.5, 0.6) is 11.5 Å². The summed E-state index contributed by atoms with van der Waals surface area (Å²) in [6.45, 7) is 0.485. The average Bonchev–Trinajstić information content (AvgIpc) is 3.03. The molecule has 6 heteroatoms. The summed E-state index contributed by atoms with van der Waals surface area (Å²) in [5.74, 6) is -0.329. The number of carbonyl (C=O) groups is 2. The van der Waals surface area contributed by atoms with E-state index in [0.717, 1.165) is 11.3 Å². The van der Waals surface area contributed by atoms with E-state index in [1.165, 1.54) is 20.3 Å². The van der Waals surface area contributed by atoms with Crippen LogP contribution in [-0.4, -0.2) is 37.7 Å². The Hall–Kier alpha value is -3.02. The van der Waals surface area contributed by atoms with Crippen molar-refractivity contribution in [2.45, 2.75) is 6.42 Å². The van der Waals surface area contributed by atoms with Gasteiger partial charge in [0, 0.05) is 12.2 Å². The summed E-state index contributed by atoms with van der Waals surface area (Å²) in [5.41, 5.74) is 2.14. The molecule has 1 aliphatic heterocycles. The molecule has 0 spiro atoms. The summed E-state index contributed by atoms with van der Waals surface area (Å²) in [6.07, 6.45) is 0.611. The van der Waals surface area contributed by atoms with E-state index in [0.29, 0.717) is 30.0 Å². The number of hydrogen-bond donors (Lipinski definition) is 1. The van der Waals surface area contributed by atoms with Crippen LogP contribution in [0.1, 0.15) is 26.3 Å². The van der Waals surface area contributed by atoms with Gasteiger partial charge in [-0.25, -0.2) is 4.79 Å². The number of ether oxygens (including phenoxy) is 2. The molecule has 1 amide bonds. The van der Waals surface area contributed by atoms with E-state index in [2.05, 4.69) is 0 Å². The zero-order valence-corrected chi connectivity index (χ0v) is 13.4. The van der Waals surface area contributed by atoms with Crippen LogP contribution in [0.2, 0.25) is 0 Å². The molecule has 0 fully saturated rings. The van der Waals surface area contributed by atoms with Crippen LogP contribution >= 0.6 is 0 Å². The molecule has 3 rings (SSSR count). The zero-order valence-electron chi connectivity index (χ0n) is 13.4. The molecule has 0 bridgehead atoms. The first-order chi connectivity index (χ1) is 11.6. The van der Waals surface area contributed by atoms with Gasteiger partial charge in [-0.1, -0.05) is 6.07 Å². The van der Waals surface area contributed by atoms with Crippen LogP contribution in [0.25, 0.3) is 0 Å². The lowest BCUT2D eigenvalue weighted by Crippen LogP contribution is -2.29. The van der Waals surface area contributed by atoms with Crippen molar-refractivity contribution in [3.8, 4) is 11.5 Å². The minimum atomic E-state index is -0.978. The van der Waals surface area contributed by atoms with Crippen molar-refractivity contribution in [1.82, 2.24) is 0 Å². The Kier molecular flexibility index (Phi) is 4.12. The maximum atomic E-state index is 13.0. The van der Waals surface area contributed by atoms with E-state index in [9.17, 15) is 9.59 Å². The second kappa shape index (κ2) is 6.23. The van der Waals surface area contributed by atoms with Crippen molar-refractivity contribution >= 4 is 17.6 Å². The smallest absolute Gasteiger partial charge is 0.335 e. The molecular formula is C18H17NO5. The summed E-state index contributed by atoms with van der Waals surface area (Å²) < 4.78 is 10.6. The normalized spacial score (nSPS) is 12.7. The molecule has 2 aromatic rings. The van der Waals surface area contributed by atoms with Crippen LogP contribution in [0, 0.1) is 0 Å². The Morgan fingerprint density at radius 3 is 2.33 bits per heavy atom. The van der Waals surface area contributed by atoms with Crippen molar-refractivity contribution in [3.63, 3.8) is 0 Å². The minimum Gasteiger partial charge on any atom is -0.496 e. The summed E-state index contributed by atoms with van der Waals surface area (Å²) in [7, 11) is 3.01. The molecule has 0 saturated heterocycles. The second-order valence-corrected chi connectivity index (χ2v) is 5.39. The molecule has 0 aliphatic carbocycles. The first-order valence-corrected chi connectivity index (χ1v) is 7.46. The summed E-state index contributed by atoms with van der Waals surface area (Å²) in [4.78, 5) is 25.8. The van der Waals surface area contributed by atoms with E-state index >= 15 is 0 Å². The molecule has 1 N–H and O–H groups in total. The predicted octanol–water partition coefficient (Wildman–Crippen LogP) is 2.60. The van der Waals surface area contributed by atoms with Crippen molar-refractivity contribution in [3.05, 3.63) is 53.1 Å². The number of hydrogen-bond acceptors (Lipinski definition) is 4. The fraction of sp³-hybridized carbons (Fsp3) is 0.222. The highest BCUT2D eigenvalue weighted by molar-refractivity contribution is 6.11. The van der Waals surface area contributed by atoms with Gasteiger partial charge in [-0.15, -0.1) is 0 Å². The molecule has 2 aromatic carbocycles. The van der Waals surface area contributed by atoms with E-state index < -0.39 is 5.97 Å². The number of carbonyl (C=O) groups excluding carboxylic acids is 1. The fourth-order valence-electron chi connectivity index (χ4n) is 2.94. The molecule has 24 heavy (non-hydrogen) atoms. The number of carboxylic acid groups (broad SMARTS) is 1. The van der Waals surface area contributed by atoms with E-state index in [1.807, 2.05) is 0 Å². The van der Waals surface area contributed by atoms with Crippen molar-refractivity contribution in [2.24, 2.45) is 0 Å². The SMILES string of the molecule is COc1cccc(OC)c1C(=O)N1CCc2cc(C(=O)O)ccc21. The Labute approximate surface area is 139 Å². The molecule has 0 atom stereocenters. The van der Waals surface area contributed by atoms with Crippen molar-refractivity contribution in [1.29, 1.82) is 0 Å². The van der Waals surface area contributed by atoms with Crippen molar-refractivity contribution in [2.75, 3.05) is 25.7 Å².